The number of pyridine rings is 1. The maximum absolute atomic E-state index is 12.4. The molecular weight excluding hydrogens is 328 g/mol. The molecule has 1 fully saturated rings. The fraction of sp³-hybridized carbons (Fsp3) is 0.368. The van der Waals surface area contributed by atoms with Gasteiger partial charge in [-0.2, -0.15) is 0 Å². The summed E-state index contributed by atoms with van der Waals surface area (Å²) in [6, 6.07) is 6.46. The molecule has 0 unspecified atom stereocenters. The van der Waals surface area contributed by atoms with Crippen LogP contribution in [0, 0.1) is 0 Å². The van der Waals surface area contributed by atoms with Crippen molar-refractivity contribution in [3.8, 4) is 0 Å². The molecule has 0 spiro atoms. The summed E-state index contributed by atoms with van der Waals surface area (Å²) in [5.41, 5.74) is 2.50. The molecule has 1 aliphatic rings. The minimum atomic E-state index is -0.0266. The molecule has 0 saturated carbocycles. The predicted octanol–water partition coefficient (Wildman–Crippen LogP) is 1.56. The summed E-state index contributed by atoms with van der Waals surface area (Å²) in [5.74, 6) is -0.0266. The average molecular weight is 350 g/mol. The lowest BCUT2D eigenvalue weighted by Crippen LogP contribution is -2.45. The van der Waals surface area contributed by atoms with E-state index in [1.807, 2.05) is 33.7 Å². The van der Waals surface area contributed by atoms with Gasteiger partial charge < -0.3 is 14.6 Å². The molecule has 0 radical (unpaired) electrons. The zero-order valence-corrected chi connectivity index (χ0v) is 14.6. The Balaban J connectivity index is 1.23. The van der Waals surface area contributed by atoms with Crippen LogP contribution in [0.2, 0.25) is 0 Å². The van der Waals surface area contributed by atoms with Crippen LogP contribution in [0.15, 0.2) is 49.2 Å². The first-order chi connectivity index (χ1) is 12.8. The van der Waals surface area contributed by atoms with Crippen molar-refractivity contribution in [1.82, 2.24) is 29.6 Å². The van der Waals surface area contributed by atoms with Crippen molar-refractivity contribution in [1.29, 1.82) is 0 Å². The highest BCUT2D eigenvalue weighted by Gasteiger charge is 2.24. The third kappa shape index (κ3) is 3.72. The summed E-state index contributed by atoms with van der Waals surface area (Å²) in [5, 5.41) is 3.60. The number of fused-ring (bicyclic) bond motifs is 1. The molecule has 1 N–H and O–H groups in total. The van der Waals surface area contributed by atoms with Crippen LogP contribution in [0.1, 0.15) is 29.0 Å². The molecule has 7 nitrogen and oxygen atoms in total. The van der Waals surface area contributed by atoms with Crippen LogP contribution in [0.4, 0.5) is 0 Å². The SMILES string of the molecule is O=C(c1cnccn1)N1CCC(NCCc2cn3ccccc3n2)CC1. The highest BCUT2D eigenvalue weighted by molar-refractivity contribution is 5.92. The topological polar surface area (TPSA) is 75.4 Å². The molecule has 3 aromatic heterocycles. The zero-order chi connectivity index (χ0) is 17.8. The lowest BCUT2D eigenvalue weighted by Gasteiger charge is -2.32. The van der Waals surface area contributed by atoms with Gasteiger partial charge >= 0.3 is 0 Å². The van der Waals surface area contributed by atoms with Crippen molar-refractivity contribution in [2.45, 2.75) is 25.3 Å². The Morgan fingerprint density at radius 1 is 1.23 bits per heavy atom. The van der Waals surface area contributed by atoms with E-state index in [0.717, 1.165) is 50.2 Å². The number of hydrogen-bond donors (Lipinski definition) is 1. The van der Waals surface area contributed by atoms with Crippen molar-refractivity contribution in [2.24, 2.45) is 0 Å². The molecule has 26 heavy (non-hydrogen) atoms. The van der Waals surface area contributed by atoms with Gasteiger partial charge in [0.25, 0.3) is 5.91 Å². The van der Waals surface area contributed by atoms with Crippen molar-refractivity contribution in [3.05, 3.63) is 60.6 Å². The van der Waals surface area contributed by atoms with Crippen molar-refractivity contribution < 1.29 is 4.79 Å². The number of rotatable bonds is 5. The van der Waals surface area contributed by atoms with Gasteiger partial charge in [0.15, 0.2) is 0 Å². The van der Waals surface area contributed by atoms with Gasteiger partial charge in [-0.05, 0) is 25.0 Å². The molecule has 4 rings (SSSR count). The first-order valence-corrected chi connectivity index (χ1v) is 9.01. The number of piperidine rings is 1. The van der Waals surface area contributed by atoms with Gasteiger partial charge in [0.2, 0.25) is 0 Å². The van der Waals surface area contributed by atoms with E-state index in [1.165, 1.54) is 6.20 Å². The highest BCUT2D eigenvalue weighted by atomic mass is 16.2. The number of aromatic nitrogens is 4. The second-order valence-corrected chi connectivity index (χ2v) is 6.56. The molecule has 3 aromatic rings. The Hall–Kier alpha value is -2.80. The molecule has 0 bridgehead atoms. The smallest absolute Gasteiger partial charge is 0.274 e. The van der Waals surface area contributed by atoms with Gasteiger partial charge in [0.05, 0.1) is 11.9 Å². The van der Waals surface area contributed by atoms with Gasteiger partial charge in [0.1, 0.15) is 11.3 Å². The summed E-state index contributed by atoms with van der Waals surface area (Å²) < 4.78 is 2.05. The molecule has 1 aliphatic heterocycles. The molecule has 1 saturated heterocycles. The Morgan fingerprint density at radius 3 is 2.88 bits per heavy atom. The number of hydrogen-bond acceptors (Lipinski definition) is 5. The molecule has 134 valence electrons. The van der Waals surface area contributed by atoms with Crippen LogP contribution in [0.3, 0.4) is 0 Å². The third-order valence-electron chi connectivity index (χ3n) is 4.79. The lowest BCUT2D eigenvalue weighted by atomic mass is 10.0. The van der Waals surface area contributed by atoms with Crippen LogP contribution in [-0.4, -0.2) is 55.8 Å². The molecule has 0 aliphatic carbocycles. The van der Waals surface area contributed by atoms with E-state index >= 15 is 0 Å². The minimum Gasteiger partial charge on any atom is -0.337 e. The van der Waals surface area contributed by atoms with Crippen molar-refractivity contribution in [3.63, 3.8) is 0 Å². The summed E-state index contributed by atoms with van der Waals surface area (Å²) in [7, 11) is 0. The van der Waals surface area contributed by atoms with E-state index in [2.05, 4.69) is 26.5 Å². The predicted molar refractivity (Wildman–Crippen MR) is 97.9 cm³/mol. The average Bonchev–Trinajstić information content (AvgIpc) is 3.11. The number of carbonyl (C=O) groups excluding carboxylic acids is 1. The highest BCUT2D eigenvalue weighted by Crippen LogP contribution is 2.13. The second kappa shape index (κ2) is 7.61. The van der Waals surface area contributed by atoms with E-state index < -0.39 is 0 Å². The molecule has 1 amide bonds. The molecule has 0 atom stereocenters. The van der Waals surface area contributed by atoms with Gasteiger partial charge in [-0.1, -0.05) is 6.07 Å². The van der Waals surface area contributed by atoms with Crippen molar-refractivity contribution >= 4 is 11.6 Å². The number of carbonyl (C=O) groups is 1. The number of nitrogens with one attached hydrogen (secondary N) is 1. The van der Waals surface area contributed by atoms with Gasteiger partial charge in [-0.25, -0.2) is 9.97 Å². The first kappa shape index (κ1) is 16.7. The fourth-order valence-electron chi connectivity index (χ4n) is 3.37. The normalized spacial score (nSPS) is 15.5. The Kier molecular flexibility index (Phi) is 4.88. The second-order valence-electron chi connectivity index (χ2n) is 6.56. The number of amides is 1. The monoisotopic (exact) mass is 350 g/mol. The minimum absolute atomic E-state index is 0.0266. The van der Waals surface area contributed by atoms with E-state index in [1.54, 1.807) is 12.4 Å². The van der Waals surface area contributed by atoms with E-state index in [0.29, 0.717) is 11.7 Å². The quantitative estimate of drug-likeness (QED) is 0.756. The number of nitrogens with zero attached hydrogens (tertiary/aromatic N) is 5. The van der Waals surface area contributed by atoms with Crippen LogP contribution in [0.5, 0.6) is 0 Å². The van der Waals surface area contributed by atoms with Crippen LogP contribution in [-0.2, 0) is 6.42 Å². The first-order valence-electron chi connectivity index (χ1n) is 9.01. The van der Waals surface area contributed by atoms with Crippen LogP contribution in [0.25, 0.3) is 5.65 Å². The largest absolute Gasteiger partial charge is 0.337 e. The van der Waals surface area contributed by atoms with E-state index in [9.17, 15) is 4.79 Å². The Labute approximate surface area is 152 Å². The summed E-state index contributed by atoms with van der Waals surface area (Å²) in [6.45, 7) is 2.40. The van der Waals surface area contributed by atoms with Gasteiger partial charge in [-0.15, -0.1) is 0 Å². The molecular formula is C19H22N6O. The molecule has 4 heterocycles. The summed E-state index contributed by atoms with van der Waals surface area (Å²) >= 11 is 0. The number of imidazole rings is 1. The Morgan fingerprint density at radius 2 is 2.12 bits per heavy atom. The standard InChI is InChI=1S/C19H22N6O/c26-19(17-13-20-8-9-22-17)24-11-5-15(6-12-24)21-7-4-16-14-25-10-2-1-3-18(25)23-16/h1-3,8-10,13-15,21H,4-7,11-12H2. The summed E-state index contributed by atoms with van der Waals surface area (Å²) in [4.78, 5) is 26.9. The van der Waals surface area contributed by atoms with E-state index in [-0.39, 0.29) is 5.91 Å². The fourth-order valence-corrected chi connectivity index (χ4v) is 3.37. The lowest BCUT2D eigenvalue weighted by molar-refractivity contribution is 0.0699. The molecule has 0 aromatic carbocycles. The maximum atomic E-state index is 12.4. The van der Waals surface area contributed by atoms with Crippen LogP contribution >= 0.6 is 0 Å². The number of likely N-dealkylation sites (tertiary alicyclic amines) is 1. The van der Waals surface area contributed by atoms with Gasteiger partial charge in [-0.3, -0.25) is 9.78 Å². The van der Waals surface area contributed by atoms with Crippen molar-refractivity contribution in [2.75, 3.05) is 19.6 Å². The molecule has 7 heteroatoms. The zero-order valence-electron chi connectivity index (χ0n) is 14.6. The van der Waals surface area contributed by atoms with Gasteiger partial charge in [0, 0.05) is 56.9 Å². The summed E-state index contributed by atoms with van der Waals surface area (Å²) in [6.07, 6.45) is 11.6. The van der Waals surface area contributed by atoms with Crippen LogP contribution < -0.4 is 5.32 Å². The maximum Gasteiger partial charge on any atom is 0.274 e. The third-order valence-corrected chi connectivity index (χ3v) is 4.79. The van der Waals surface area contributed by atoms with E-state index in [4.69, 9.17) is 0 Å². The Bertz CT molecular complexity index is 837.